The summed E-state index contributed by atoms with van der Waals surface area (Å²) in [5.74, 6) is -0.525. The Morgan fingerprint density at radius 1 is 0.487 bits per heavy atom. The molecule has 0 aromatic heterocycles. The third kappa shape index (κ3) is 56.2. The number of phosphoric ester groups is 1. The number of carbonyl (C=O) groups excluding carboxylic acids is 2. The van der Waals surface area contributed by atoms with Crippen molar-refractivity contribution in [3.63, 3.8) is 0 Å². The summed E-state index contributed by atoms with van der Waals surface area (Å²) in [7, 11) is 1.48. The molecule has 3 atom stereocenters. The van der Waals surface area contributed by atoms with Crippen LogP contribution in [0.5, 0.6) is 0 Å². The highest BCUT2D eigenvalue weighted by Gasteiger charge is 2.30. The molecule has 0 aliphatic heterocycles. The van der Waals surface area contributed by atoms with Crippen LogP contribution >= 0.6 is 7.82 Å². The molecule has 3 unspecified atom stereocenters. The lowest BCUT2D eigenvalue weighted by Gasteiger charge is -2.27. The van der Waals surface area contributed by atoms with Crippen LogP contribution in [-0.4, -0.2) is 74.3 Å². The molecule has 0 bridgehead atoms. The summed E-state index contributed by atoms with van der Waals surface area (Å²) in [6, 6.07) is -0.860. The summed E-state index contributed by atoms with van der Waals surface area (Å²) in [5.41, 5.74) is 0. The first-order valence-electron chi connectivity index (χ1n) is 31.8. The van der Waals surface area contributed by atoms with E-state index in [4.69, 9.17) is 13.8 Å². The van der Waals surface area contributed by atoms with Crippen LogP contribution in [-0.2, 0) is 27.9 Å². The highest BCUT2D eigenvalue weighted by molar-refractivity contribution is 7.47. The maximum atomic E-state index is 13.5. The molecule has 0 heterocycles. The number of likely N-dealkylation sites (N-methyl/N-ethyl adjacent to an activating group) is 1. The van der Waals surface area contributed by atoms with E-state index in [1.165, 1.54) is 161 Å². The smallest absolute Gasteiger partial charge is 0.456 e. The molecule has 0 radical (unpaired) electrons. The molecule has 76 heavy (non-hydrogen) atoms. The Morgan fingerprint density at radius 2 is 0.895 bits per heavy atom. The van der Waals surface area contributed by atoms with Crippen molar-refractivity contribution in [1.29, 1.82) is 0 Å². The van der Waals surface area contributed by atoms with Gasteiger partial charge in [0.1, 0.15) is 19.3 Å². The fourth-order valence-electron chi connectivity index (χ4n) is 9.03. The van der Waals surface area contributed by atoms with Gasteiger partial charge in [-0.2, -0.15) is 0 Å². The zero-order chi connectivity index (χ0) is 55.7. The number of ether oxygens (including phenoxy) is 1. The number of carbonyl (C=O) groups is 2. The molecule has 2 N–H and O–H groups in total. The quantitative estimate of drug-likeness (QED) is 0.0156. The van der Waals surface area contributed by atoms with Crippen LogP contribution in [0, 0.1) is 0 Å². The summed E-state index contributed by atoms with van der Waals surface area (Å²) >= 11 is 0. The molecule has 442 valence electrons. The van der Waals surface area contributed by atoms with E-state index in [9.17, 15) is 19.0 Å². The van der Waals surface area contributed by atoms with E-state index in [1.807, 2.05) is 33.3 Å². The second-order valence-electron chi connectivity index (χ2n) is 22.6. The van der Waals surface area contributed by atoms with Gasteiger partial charge in [-0.25, -0.2) is 4.57 Å². The second kappa shape index (κ2) is 55.8. The first kappa shape index (κ1) is 73.5. The first-order chi connectivity index (χ1) is 36.9. The second-order valence-corrected chi connectivity index (χ2v) is 24.1. The zero-order valence-electron chi connectivity index (χ0n) is 50.5. The normalized spacial score (nSPS) is 14.1. The number of nitrogens with one attached hydrogen (secondary N) is 1. The minimum Gasteiger partial charge on any atom is -0.456 e. The van der Waals surface area contributed by atoms with Crippen LogP contribution in [0.1, 0.15) is 284 Å². The van der Waals surface area contributed by atoms with Crippen LogP contribution in [0.25, 0.3) is 0 Å². The molecule has 0 saturated carbocycles. The number of quaternary nitrogens is 1. The van der Waals surface area contributed by atoms with Crippen molar-refractivity contribution in [2.75, 3.05) is 40.9 Å². The number of allylic oxidation sites excluding steroid dienone is 11. The first-order valence-corrected chi connectivity index (χ1v) is 33.3. The molecule has 0 aromatic rings. The molecular weight excluding hydrogens is 964 g/mol. The molecule has 0 aliphatic rings. The Balaban J connectivity index is 5.09. The van der Waals surface area contributed by atoms with Gasteiger partial charge >= 0.3 is 13.8 Å². The predicted molar refractivity (Wildman–Crippen MR) is 328 cm³/mol. The third-order valence-electron chi connectivity index (χ3n) is 13.9. The number of esters is 1. The number of phosphoric acid groups is 1. The number of nitrogens with zero attached hydrogens (tertiary/aromatic N) is 1. The maximum Gasteiger partial charge on any atom is 0.472 e. The lowest BCUT2D eigenvalue weighted by atomic mass is 10.0. The van der Waals surface area contributed by atoms with Gasteiger partial charge in [-0.3, -0.25) is 18.6 Å². The van der Waals surface area contributed by atoms with Gasteiger partial charge in [0.25, 0.3) is 0 Å². The number of rotatable bonds is 57. The van der Waals surface area contributed by atoms with Gasteiger partial charge in [-0.05, 0) is 83.1 Å². The molecule has 0 fully saturated rings. The summed E-state index contributed by atoms with van der Waals surface area (Å²) in [6.07, 6.45) is 72.0. The average Bonchev–Trinajstić information content (AvgIpc) is 3.38. The summed E-state index contributed by atoms with van der Waals surface area (Å²) in [6.45, 7) is 6.85. The molecule has 9 nitrogen and oxygen atoms in total. The maximum absolute atomic E-state index is 13.5. The minimum atomic E-state index is -4.45. The Kier molecular flexibility index (Phi) is 53.9. The van der Waals surface area contributed by atoms with Gasteiger partial charge in [0.15, 0.2) is 0 Å². The van der Waals surface area contributed by atoms with E-state index >= 15 is 0 Å². The molecular formula is C66H122N2O7P+. The highest BCUT2D eigenvalue weighted by Crippen LogP contribution is 2.43. The number of hydrogen-bond donors (Lipinski definition) is 2. The fourth-order valence-corrected chi connectivity index (χ4v) is 9.77. The summed E-state index contributed by atoms with van der Waals surface area (Å²) in [4.78, 5) is 37.7. The van der Waals surface area contributed by atoms with Crippen molar-refractivity contribution < 1.29 is 37.3 Å². The van der Waals surface area contributed by atoms with Crippen LogP contribution < -0.4 is 5.32 Å². The topological polar surface area (TPSA) is 111 Å². The highest BCUT2D eigenvalue weighted by atomic mass is 31.2. The summed E-state index contributed by atoms with van der Waals surface area (Å²) in [5, 5.41) is 3.04. The van der Waals surface area contributed by atoms with Gasteiger partial charge in [-0.15, -0.1) is 0 Å². The molecule has 0 saturated heterocycles. The SMILES string of the molecule is CC/C=C/C=C/C=C\CCCCCCCC(=O)NC(COP(=O)(O)OCC[N+](C)(C)C)C(/C=C\CCCCCCCCCCCC)OC(=O)CCCCCCCCCCCCCCCCC/C=C\C/C=C\CCCCC. The van der Waals surface area contributed by atoms with Crippen molar-refractivity contribution in [2.24, 2.45) is 0 Å². The van der Waals surface area contributed by atoms with Crippen molar-refractivity contribution in [2.45, 2.75) is 296 Å². The zero-order valence-corrected chi connectivity index (χ0v) is 51.4. The fraction of sp³-hybridized carbons (Fsp3) is 0.788. The molecule has 1 amide bonds. The van der Waals surface area contributed by atoms with Crippen LogP contribution in [0.2, 0.25) is 0 Å². The van der Waals surface area contributed by atoms with E-state index in [1.54, 1.807) is 0 Å². The molecule has 0 aromatic carbocycles. The lowest BCUT2D eigenvalue weighted by molar-refractivity contribution is -0.870. The molecule has 0 spiro atoms. The predicted octanol–water partition coefficient (Wildman–Crippen LogP) is 19.6. The van der Waals surface area contributed by atoms with Gasteiger partial charge in [0.05, 0.1) is 33.8 Å². The van der Waals surface area contributed by atoms with Gasteiger partial charge in [0, 0.05) is 12.8 Å². The Bertz CT molecular complexity index is 1530. The van der Waals surface area contributed by atoms with Gasteiger partial charge < -0.3 is 19.4 Å². The van der Waals surface area contributed by atoms with Gasteiger partial charge in [0.2, 0.25) is 5.91 Å². The van der Waals surface area contributed by atoms with Crippen molar-refractivity contribution in [3.8, 4) is 0 Å². The minimum absolute atomic E-state index is 0.0344. The standard InChI is InChI=1S/C66H121N2O7P/c1-7-10-13-16-19-22-25-28-29-30-31-32-33-34-35-36-37-38-39-41-44-47-50-53-56-59-66(70)75-64(57-54-51-48-45-42-27-24-21-18-15-12-9-3)63(62-74-76(71,72)73-61-60-68(4,5)6)67-65(69)58-55-52-49-46-43-40-26-23-20-17-14-11-8-2/h11,14,17,19-20,22-23,26,28-29,54,57,63-64H,7-10,12-13,15-16,18,21,24-25,27,30-53,55-56,58-62H2,1-6H3,(H-,67,69,71,72)/p+1/b14-11+,20-17+,22-19-,26-23-,29-28-,57-54-. The van der Waals surface area contributed by atoms with Crippen LogP contribution in [0.15, 0.2) is 72.9 Å². The Labute approximate surface area is 470 Å². The van der Waals surface area contributed by atoms with Crippen LogP contribution in [0.4, 0.5) is 0 Å². The number of unbranched alkanes of at least 4 members (excludes halogenated alkanes) is 33. The third-order valence-corrected chi connectivity index (χ3v) is 14.9. The monoisotopic (exact) mass is 1090 g/mol. The molecule has 10 heteroatoms. The molecule has 0 rings (SSSR count). The number of amides is 1. The van der Waals surface area contributed by atoms with Gasteiger partial charge in [-0.1, -0.05) is 261 Å². The molecule has 0 aliphatic carbocycles. The van der Waals surface area contributed by atoms with Crippen LogP contribution in [0.3, 0.4) is 0 Å². The van der Waals surface area contributed by atoms with E-state index in [2.05, 4.69) is 86.8 Å². The Hall–Kier alpha value is -2.55. The van der Waals surface area contributed by atoms with Crippen molar-refractivity contribution >= 4 is 19.7 Å². The van der Waals surface area contributed by atoms with E-state index in [0.717, 1.165) is 89.9 Å². The van der Waals surface area contributed by atoms with E-state index in [-0.39, 0.29) is 31.5 Å². The van der Waals surface area contributed by atoms with Crippen molar-refractivity contribution in [3.05, 3.63) is 72.9 Å². The number of hydrogen-bond acceptors (Lipinski definition) is 6. The largest absolute Gasteiger partial charge is 0.472 e. The summed E-state index contributed by atoms with van der Waals surface area (Å²) < 4.78 is 30.7. The van der Waals surface area contributed by atoms with Crippen molar-refractivity contribution in [1.82, 2.24) is 5.32 Å². The Morgan fingerprint density at radius 3 is 1.38 bits per heavy atom. The average molecular weight is 1090 g/mol. The van der Waals surface area contributed by atoms with E-state index < -0.39 is 20.0 Å². The lowest BCUT2D eigenvalue weighted by Crippen LogP contribution is -2.47. The van der Waals surface area contributed by atoms with E-state index in [0.29, 0.717) is 17.4 Å².